The molecule has 0 aliphatic rings. The second-order valence-electron chi connectivity index (χ2n) is 6.26. The maximum atomic E-state index is 12.2. The van der Waals surface area contributed by atoms with E-state index in [-0.39, 0.29) is 17.7 Å². The molecule has 0 radical (unpaired) electrons. The fraction of sp³-hybridized carbons (Fsp3) is 0.130. The zero-order valence-corrected chi connectivity index (χ0v) is 17.4. The number of carbonyl (C=O) groups excluding carboxylic acids is 2. The summed E-state index contributed by atoms with van der Waals surface area (Å²) in [6, 6.07) is 23.5. The monoisotopic (exact) mass is 421 g/mol. The highest BCUT2D eigenvalue weighted by Gasteiger charge is 2.06. The Labute approximate surface area is 180 Å². The molecule has 3 amide bonds. The number of nitrogens with one attached hydrogen (secondary N) is 3. The molecule has 0 bridgehead atoms. The van der Waals surface area contributed by atoms with Gasteiger partial charge < -0.3 is 20.7 Å². The van der Waals surface area contributed by atoms with Gasteiger partial charge in [0.2, 0.25) is 5.91 Å². The third kappa shape index (κ3) is 6.86. The van der Waals surface area contributed by atoms with Gasteiger partial charge in [-0.3, -0.25) is 4.79 Å². The number of hydrogen-bond acceptors (Lipinski definition) is 4. The molecule has 3 aromatic carbocycles. The number of amides is 3. The van der Waals surface area contributed by atoms with Gasteiger partial charge in [-0.2, -0.15) is 0 Å². The van der Waals surface area contributed by atoms with Gasteiger partial charge in [-0.25, -0.2) is 4.79 Å². The Morgan fingerprint density at radius 1 is 0.767 bits per heavy atom. The molecule has 0 atom stereocenters. The lowest BCUT2D eigenvalue weighted by atomic mass is 10.3. The number of urea groups is 1. The van der Waals surface area contributed by atoms with Gasteiger partial charge in [0.1, 0.15) is 5.75 Å². The first kappa shape index (κ1) is 21.3. The normalized spacial score (nSPS) is 10.2. The molecule has 3 aromatic rings. The van der Waals surface area contributed by atoms with Crippen LogP contribution in [0.1, 0.15) is 6.92 Å². The highest BCUT2D eigenvalue weighted by atomic mass is 32.2. The first-order valence-electron chi connectivity index (χ1n) is 9.51. The lowest BCUT2D eigenvalue weighted by Gasteiger charge is -2.09. The number of ether oxygens (including phenoxy) is 1. The van der Waals surface area contributed by atoms with Crippen LogP contribution in [0.15, 0.2) is 83.8 Å². The summed E-state index contributed by atoms with van der Waals surface area (Å²) >= 11 is 1.42. The van der Waals surface area contributed by atoms with Crippen LogP contribution in [0.2, 0.25) is 0 Å². The van der Waals surface area contributed by atoms with Crippen molar-refractivity contribution in [3.05, 3.63) is 78.9 Å². The maximum absolute atomic E-state index is 12.2. The zero-order chi connectivity index (χ0) is 21.2. The van der Waals surface area contributed by atoms with E-state index in [2.05, 4.69) is 16.0 Å². The number of para-hydroxylation sites is 1. The highest BCUT2D eigenvalue weighted by molar-refractivity contribution is 8.00. The summed E-state index contributed by atoms with van der Waals surface area (Å²) in [6.07, 6.45) is 0. The van der Waals surface area contributed by atoms with Crippen molar-refractivity contribution in [3.8, 4) is 5.75 Å². The minimum Gasteiger partial charge on any atom is -0.494 e. The van der Waals surface area contributed by atoms with E-state index in [0.717, 1.165) is 22.0 Å². The van der Waals surface area contributed by atoms with Crippen LogP contribution in [0.3, 0.4) is 0 Å². The van der Waals surface area contributed by atoms with E-state index >= 15 is 0 Å². The number of anilines is 3. The molecule has 0 saturated carbocycles. The molecule has 0 aliphatic carbocycles. The smallest absolute Gasteiger partial charge is 0.323 e. The predicted octanol–water partition coefficient (Wildman–Crippen LogP) is 5.46. The van der Waals surface area contributed by atoms with Gasteiger partial charge in [0.15, 0.2) is 0 Å². The van der Waals surface area contributed by atoms with Crippen molar-refractivity contribution in [2.24, 2.45) is 0 Å². The van der Waals surface area contributed by atoms with Crippen molar-refractivity contribution >= 4 is 40.8 Å². The van der Waals surface area contributed by atoms with Gasteiger partial charge in [-0.1, -0.05) is 18.2 Å². The van der Waals surface area contributed by atoms with Crippen molar-refractivity contribution in [2.45, 2.75) is 11.8 Å². The van der Waals surface area contributed by atoms with Crippen molar-refractivity contribution in [2.75, 3.05) is 28.3 Å². The van der Waals surface area contributed by atoms with E-state index in [4.69, 9.17) is 4.74 Å². The van der Waals surface area contributed by atoms with Crippen LogP contribution in [0.4, 0.5) is 21.9 Å². The molecule has 0 saturated heterocycles. The number of thioether (sulfide) groups is 1. The molecule has 3 rings (SSSR count). The molecular formula is C23H23N3O3S. The van der Waals surface area contributed by atoms with E-state index in [1.165, 1.54) is 11.8 Å². The average Bonchev–Trinajstić information content (AvgIpc) is 2.75. The summed E-state index contributed by atoms with van der Waals surface area (Å²) < 4.78 is 5.39. The molecular weight excluding hydrogens is 398 g/mol. The molecule has 0 spiro atoms. The van der Waals surface area contributed by atoms with E-state index in [0.29, 0.717) is 12.3 Å². The zero-order valence-electron chi connectivity index (χ0n) is 16.6. The Hall–Kier alpha value is -3.45. The summed E-state index contributed by atoms with van der Waals surface area (Å²) in [7, 11) is 0. The number of hydrogen-bond donors (Lipinski definition) is 3. The SMILES string of the molecule is CCOc1ccc(NC(=O)CSc2ccc(NC(=O)Nc3ccccc3)cc2)cc1. The molecule has 6 nitrogen and oxygen atoms in total. The molecule has 154 valence electrons. The first-order chi connectivity index (χ1) is 14.6. The minimum absolute atomic E-state index is 0.0893. The number of carbonyl (C=O) groups is 2. The second-order valence-corrected chi connectivity index (χ2v) is 7.31. The van der Waals surface area contributed by atoms with Crippen LogP contribution in [-0.2, 0) is 4.79 Å². The van der Waals surface area contributed by atoms with Gasteiger partial charge in [-0.15, -0.1) is 11.8 Å². The molecule has 0 heterocycles. The lowest BCUT2D eigenvalue weighted by Crippen LogP contribution is -2.19. The summed E-state index contributed by atoms with van der Waals surface area (Å²) in [4.78, 5) is 25.1. The van der Waals surface area contributed by atoms with Crippen LogP contribution >= 0.6 is 11.8 Å². The molecule has 0 unspecified atom stereocenters. The first-order valence-corrected chi connectivity index (χ1v) is 10.5. The Morgan fingerprint density at radius 3 is 1.97 bits per heavy atom. The van der Waals surface area contributed by atoms with Crippen molar-refractivity contribution < 1.29 is 14.3 Å². The fourth-order valence-electron chi connectivity index (χ4n) is 2.60. The van der Waals surface area contributed by atoms with Crippen LogP contribution < -0.4 is 20.7 Å². The largest absolute Gasteiger partial charge is 0.494 e. The molecule has 30 heavy (non-hydrogen) atoms. The van der Waals surface area contributed by atoms with Gasteiger partial charge in [0.25, 0.3) is 0 Å². The quantitative estimate of drug-likeness (QED) is 0.422. The average molecular weight is 422 g/mol. The number of rotatable bonds is 8. The summed E-state index contributed by atoms with van der Waals surface area (Å²) in [5.74, 6) is 0.971. The van der Waals surface area contributed by atoms with E-state index in [1.54, 1.807) is 12.1 Å². The van der Waals surface area contributed by atoms with E-state index in [1.807, 2.05) is 73.7 Å². The molecule has 7 heteroatoms. The van der Waals surface area contributed by atoms with Gasteiger partial charge in [0.05, 0.1) is 12.4 Å². The third-order valence-corrected chi connectivity index (χ3v) is 4.97. The standard InChI is InChI=1S/C23H23N3O3S/c1-2-29-20-12-8-18(9-13-20)24-22(27)16-30-21-14-10-19(11-15-21)26-23(28)25-17-6-4-3-5-7-17/h3-15H,2,16H2,1H3,(H,24,27)(H2,25,26,28). The molecule has 3 N–H and O–H groups in total. The highest BCUT2D eigenvalue weighted by Crippen LogP contribution is 2.21. The minimum atomic E-state index is -0.309. The Bertz CT molecular complexity index is 961. The van der Waals surface area contributed by atoms with E-state index in [9.17, 15) is 9.59 Å². The summed E-state index contributed by atoms with van der Waals surface area (Å²) in [5.41, 5.74) is 2.13. The molecule has 0 fully saturated rings. The predicted molar refractivity (Wildman–Crippen MR) is 122 cm³/mol. The summed E-state index contributed by atoms with van der Waals surface area (Å²) in [5, 5.41) is 8.40. The Balaban J connectivity index is 1.43. The van der Waals surface area contributed by atoms with Crippen molar-refractivity contribution in [1.29, 1.82) is 0 Å². The second kappa shape index (κ2) is 10.9. The van der Waals surface area contributed by atoms with E-state index < -0.39 is 0 Å². The maximum Gasteiger partial charge on any atom is 0.323 e. The molecule has 0 aliphatic heterocycles. The van der Waals surface area contributed by atoms with Crippen molar-refractivity contribution in [3.63, 3.8) is 0 Å². The molecule has 0 aromatic heterocycles. The Morgan fingerprint density at radius 2 is 1.33 bits per heavy atom. The van der Waals surface area contributed by atoms with Crippen LogP contribution in [0.5, 0.6) is 5.75 Å². The van der Waals surface area contributed by atoms with Crippen molar-refractivity contribution in [1.82, 2.24) is 0 Å². The topological polar surface area (TPSA) is 79.5 Å². The third-order valence-electron chi connectivity index (χ3n) is 3.96. The van der Waals surface area contributed by atoms with Crippen LogP contribution in [0.25, 0.3) is 0 Å². The number of benzene rings is 3. The fourth-order valence-corrected chi connectivity index (χ4v) is 3.29. The van der Waals surface area contributed by atoms with Gasteiger partial charge >= 0.3 is 6.03 Å². The lowest BCUT2D eigenvalue weighted by molar-refractivity contribution is -0.113. The Kier molecular flexibility index (Phi) is 7.74. The summed E-state index contributed by atoms with van der Waals surface area (Å²) in [6.45, 7) is 2.53. The van der Waals surface area contributed by atoms with Crippen LogP contribution in [-0.4, -0.2) is 24.3 Å². The van der Waals surface area contributed by atoms with Gasteiger partial charge in [-0.05, 0) is 67.6 Å². The van der Waals surface area contributed by atoms with Gasteiger partial charge in [0, 0.05) is 22.0 Å². The van der Waals surface area contributed by atoms with Crippen LogP contribution in [0, 0.1) is 0 Å².